The van der Waals surface area contributed by atoms with Crippen molar-refractivity contribution in [3.05, 3.63) is 83.3 Å². The molecular weight excluding hydrogens is 390 g/mol. The Kier molecular flexibility index (Phi) is 5.84. The Morgan fingerprint density at radius 3 is 2.38 bits per heavy atom. The standard InChI is InChI=1S/C21H21N3O4S/c1-14-7-10-19(11-8-14)29(26,27)24-23-16(3)17-5-4-6-18(13-17)22-21(25)20-12-9-15(2)28-20/h4-13,24H,1-3H3,(H,22,25)/b23-16-. The van der Waals surface area contributed by atoms with Crippen molar-refractivity contribution < 1.29 is 17.6 Å². The molecule has 0 radical (unpaired) electrons. The molecule has 29 heavy (non-hydrogen) atoms. The van der Waals surface area contributed by atoms with Crippen LogP contribution in [0.4, 0.5) is 5.69 Å². The van der Waals surface area contributed by atoms with Gasteiger partial charge in [0.25, 0.3) is 15.9 Å². The summed E-state index contributed by atoms with van der Waals surface area (Å²) in [7, 11) is -3.76. The number of amides is 1. The lowest BCUT2D eigenvalue weighted by molar-refractivity contribution is 0.0995. The number of hydrazone groups is 1. The van der Waals surface area contributed by atoms with Gasteiger partial charge >= 0.3 is 0 Å². The van der Waals surface area contributed by atoms with Crippen molar-refractivity contribution in [2.45, 2.75) is 25.7 Å². The average molecular weight is 411 g/mol. The molecule has 0 atom stereocenters. The predicted octanol–water partition coefficient (Wildman–Crippen LogP) is 3.85. The second-order valence-corrected chi connectivity index (χ2v) is 8.21. The van der Waals surface area contributed by atoms with Gasteiger partial charge in [-0.25, -0.2) is 0 Å². The van der Waals surface area contributed by atoms with Crippen molar-refractivity contribution in [3.63, 3.8) is 0 Å². The van der Waals surface area contributed by atoms with Gasteiger partial charge in [-0.15, -0.1) is 0 Å². The number of nitrogens with one attached hydrogen (secondary N) is 2. The molecule has 150 valence electrons. The Hall–Kier alpha value is -3.39. The molecule has 0 bridgehead atoms. The highest BCUT2D eigenvalue weighted by Crippen LogP contribution is 2.15. The van der Waals surface area contributed by atoms with E-state index in [1.54, 1.807) is 62.4 Å². The van der Waals surface area contributed by atoms with E-state index in [2.05, 4.69) is 15.2 Å². The van der Waals surface area contributed by atoms with E-state index in [9.17, 15) is 13.2 Å². The second kappa shape index (κ2) is 8.32. The number of carbonyl (C=O) groups excluding carboxylic acids is 1. The van der Waals surface area contributed by atoms with Crippen LogP contribution in [0.25, 0.3) is 0 Å². The van der Waals surface area contributed by atoms with Gasteiger partial charge < -0.3 is 9.73 Å². The zero-order valence-corrected chi connectivity index (χ0v) is 17.1. The largest absolute Gasteiger partial charge is 0.456 e. The van der Waals surface area contributed by atoms with Crippen LogP contribution in [0.2, 0.25) is 0 Å². The lowest BCUT2D eigenvalue weighted by Crippen LogP contribution is -2.20. The van der Waals surface area contributed by atoms with Crippen LogP contribution in [-0.2, 0) is 10.0 Å². The highest BCUT2D eigenvalue weighted by Gasteiger charge is 2.13. The fourth-order valence-corrected chi connectivity index (χ4v) is 3.39. The third kappa shape index (κ3) is 5.11. The van der Waals surface area contributed by atoms with Crippen LogP contribution in [0.5, 0.6) is 0 Å². The van der Waals surface area contributed by atoms with Crippen LogP contribution in [-0.4, -0.2) is 20.0 Å². The van der Waals surface area contributed by atoms with E-state index >= 15 is 0 Å². The number of hydrogen-bond acceptors (Lipinski definition) is 5. The van der Waals surface area contributed by atoms with Crippen molar-refractivity contribution in [1.29, 1.82) is 0 Å². The lowest BCUT2D eigenvalue weighted by Gasteiger charge is -2.08. The maximum absolute atomic E-state index is 12.4. The molecule has 0 spiro atoms. The first-order valence-electron chi connectivity index (χ1n) is 8.85. The first-order chi connectivity index (χ1) is 13.7. The van der Waals surface area contributed by atoms with Crippen LogP contribution in [0.15, 0.2) is 75.1 Å². The summed E-state index contributed by atoms with van der Waals surface area (Å²) in [5.74, 6) is 0.488. The summed E-state index contributed by atoms with van der Waals surface area (Å²) in [6.07, 6.45) is 0. The Morgan fingerprint density at radius 2 is 1.72 bits per heavy atom. The minimum atomic E-state index is -3.76. The maximum Gasteiger partial charge on any atom is 0.291 e. The van der Waals surface area contributed by atoms with Gasteiger partial charge in [0.2, 0.25) is 0 Å². The van der Waals surface area contributed by atoms with Crippen molar-refractivity contribution in [1.82, 2.24) is 4.83 Å². The zero-order valence-electron chi connectivity index (χ0n) is 16.3. The molecule has 1 heterocycles. The van der Waals surface area contributed by atoms with Crippen LogP contribution in [0.3, 0.4) is 0 Å². The number of benzene rings is 2. The summed E-state index contributed by atoms with van der Waals surface area (Å²) < 4.78 is 30.0. The van der Waals surface area contributed by atoms with Crippen LogP contribution >= 0.6 is 0 Å². The minimum Gasteiger partial charge on any atom is -0.456 e. The third-order valence-electron chi connectivity index (χ3n) is 4.17. The molecule has 3 rings (SSSR count). The molecule has 1 amide bonds. The van der Waals surface area contributed by atoms with Crippen molar-refractivity contribution in [2.75, 3.05) is 5.32 Å². The third-order valence-corrected chi connectivity index (χ3v) is 5.39. The van der Waals surface area contributed by atoms with Crippen molar-refractivity contribution in [2.24, 2.45) is 5.10 Å². The maximum atomic E-state index is 12.4. The first kappa shape index (κ1) is 20.3. The van der Waals surface area contributed by atoms with Gasteiger partial charge in [0.1, 0.15) is 5.76 Å². The minimum absolute atomic E-state index is 0.134. The molecule has 0 aliphatic heterocycles. The number of anilines is 1. The van der Waals surface area contributed by atoms with Gasteiger partial charge in [-0.05, 0) is 62.7 Å². The number of furan rings is 1. The van der Waals surface area contributed by atoms with Gasteiger partial charge in [-0.3, -0.25) is 4.79 Å². The number of rotatable bonds is 6. The van der Waals surface area contributed by atoms with E-state index in [0.717, 1.165) is 5.56 Å². The highest BCUT2D eigenvalue weighted by atomic mass is 32.2. The van der Waals surface area contributed by atoms with Gasteiger partial charge in [0.15, 0.2) is 5.76 Å². The molecule has 7 nitrogen and oxygen atoms in total. The predicted molar refractivity (Wildman–Crippen MR) is 112 cm³/mol. The zero-order chi connectivity index (χ0) is 21.0. The Bertz CT molecular complexity index is 1160. The molecule has 1 aromatic heterocycles. The van der Waals surface area contributed by atoms with Crippen LogP contribution < -0.4 is 10.1 Å². The van der Waals surface area contributed by atoms with E-state index in [0.29, 0.717) is 22.7 Å². The molecular formula is C21H21N3O4S. The average Bonchev–Trinajstić information content (AvgIpc) is 3.13. The molecule has 0 unspecified atom stereocenters. The van der Waals surface area contributed by atoms with E-state index in [1.165, 1.54) is 12.1 Å². The van der Waals surface area contributed by atoms with Gasteiger partial charge in [0, 0.05) is 5.69 Å². The number of sulfonamides is 1. The number of hydrogen-bond donors (Lipinski definition) is 2. The molecule has 0 saturated carbocycles. The summed E-state index contributed by atoms with van der Waals surface area (Å²) in [6, 6.07) is 16.7. The smallest absolute Gasteiger partial charge is 0.291 e. The summed E-state index contributed by atoms with van der Waals surface area (Å²) in [4.78, 5) is 14.6. The van der Waals surface area contributed by atoms with Crippen LogP contribution in [0.1, 0.15) is 34.4 Å². The SMILES string of the molecule is C/C(=N/NS(=O)(=O)c1ccc(C)cc1)c1cccc(NC(=O)c2ccc(C)o2)c1. The summed E-state index contributed by atoms with van der Waals surface area (Å²) in [6.45, 7) is 5.31. The molecule has 3 aromatic rings. The van der Waals surface area contributed by atoms with Crippen LogP contribution in [0, 0.1) is 13.8 Å². The number of carbonyl (C=O) groups is 1. The summed E-state index contributed by atoms with van der Waals surface area (Å²) >= 11 is 0. The number of aryl methyl sites for hydroxylation is 2. The Labute approximate surface area is 169 Å². The van der Waals surface area contributed by atoms with Crippen molar-refractivity contribution in [3.8, 4) is 0 Å². The number of nitrogens with zero attached hydrogens (tertiary/aromatic N) is 1. The Balaban J connectivity index is 1.73. The molecule has 0 aliphatic rings. The Morgan fingerprint density at radius 1 is 1.00 bits per heavy atom. The molecule has 0 aliphatic carbocycles. The lowest BCUT2D eigenvalue weighted by atomic mass is 10.1. The van der Waals surface area contributed by atoms with E-state index in [-0.39, 0.29) is 16.6 Å². The fourth-order valence-electron chi connectivity index (χ4n) is 2.53. The molecule has 0 saturated heterocycles. The fraction of sp³-hybridized carbons (Fsp3) is 0.143. The van der Waals surface area contributed by atoms with E-state index in [4.69, 9.17) is 4.42 Å². The summed E-state index contributed by atoms with van der Waals surface area (Å²) in [5.41, 5.74) is 2.61. The van der Waals surface area contributed by atoms with Gasteiger partial charge in [-0.1, -0.05) is 29.8 Å². The summed E-state index contributed by atoms with van der Waals surface area (Å²) in [5, 5.41) is 6.74. The molecule has 0 fully saturated rings. The molecule has 2 aromatic carbocycles. The molecule has 8 heteroatoms. The topological polar surface area (TPSA) is 101 Å². The first-order valence-corrected chi connectivity index (χ1v) is 10.3. The van der Waals surface area contributed by atoms with E-state index < -0.39 is 10.0 Å². The normalized spacial score (nSPS) is 11.9. The van der Waals surface area contributed by atoms with Gasteiger partial charge in [-0.2, -0.15) is 18.4 Å². The van der Waals surface area contributed by atoms with Gasteiger partial charge in [0.05, 0.1) is 10.6 Å². The monoisotopic (exact) mass is 411 g/mol. The van der Waals surface area contributed by atoms with E-state index in [1.807, 2.05) is 6.92 Å². The second-order valence-electron chi connectivity index (χ2n) is 6.55. The highest BCUT2D eigenvalue weighted by molar-refractivity contribution is 7.89. The van der Waals surface area contributed by atoms with Crippen molar-refractivity contribution >= 4 is 27.3 Å². The molecule has 2 N–H and O–H groups in total. The quantitative estimate of drug-likeness (QED) is 0.475.